The van der Waals surface area contributed by atoms with Crippen molar-refractivity contribution in [3.05, 3.63) is 57.6 Å². The third-order valence-electron chi connectivity index (χ3n) is 10.1. The molecular weight excluding hydrogens is 600 g/mol. The van der Waals surface area contributed by atoms with Crippen molar-refractivity contribution < 1.29 is 19.8 Å². The first-order valence-corrected chi connectivity index (χ1v) is 17.1. The number of rotatable bonds is 8. The molecule has 242 valence electrons. The molecule has 6 heterocycles. The highest BCUT2D eigenvalue weighted by Gasteiger charge is 2.47. The van der Waals surface area contributed by atoms with Gasteiger partial charge < -0.3 is 20.1 Å². The zero-order valence-electron chi connectivity index (χ0n) is 27.0. The van der Waals surface area contributed by atoms with Gasteiger partial charge in [0.1, 0.15) is 4.83 Å². The average Bonchev–Trinajstić information content (AvgIpc) is 3.77. The van der Waals surface area contributed by atoms with E-state index in [1.165, 1.54) is 6.07 Å². The largest absolute Gasteiger partial charge is 0.493 e. The number of ketones is 1. The zero-order valence-corrected chi connectivity index (χ0v) is 27.8. The SMILES string of the molecule is Cc1cc(C)cc(-c2[nH]c3sc(C(C)(C)C(=O)N4C5CCC4CC5)cc3c2C(=O)CN2CCN(Cc3cc(O)nc(O)n3)CC2)c1. The number of hydrogen-bond acceptors (Lipinski definition) is 9. The van der Waals surface area contributed by atoms with Crippen LogP contribution in [0.4, 0.5) is 0 Å². The second-order valence-electron chi connectivity index (χ2n) is 13.9. The number of nitrogens with zero attached hydrogens (tertiary/aromatic N) is 5. The van der Waals surface area contributed by atoms with Crippen molar-refractivity contribution in [2.45, 2.75) is 77.4 Å². The molecule has 3 aromatic heterocycles. The number of thiophene rings is 1. The number of carbonyl (C=O) groups is 2. The normalized spacial score (nSPS) is 20.7. The van der Waals surface area contributed by atoms with Crippen molar-refractivity contribution in [1.29, 1.82) is 0 Å². The van der Waals surface area contributed by atoms with Crippen molar-refractivity contribution in [3.63, 3.8) is 0 Å². The molecule has 11 heteroatoms. The Kier molecular flexibility index (Phi) is 7.89. The fourth-order valence-corrected chi connectivity index (χ4v) is 8.92. The molecule has 4 aromatic rings. The van der Waals surface area contributed by atoms with Crippen LogP contribution in [0.25, 0.3) is 21.5 Å². The van der Waals surface area contributed by atoms with E-state index in [4.69, 9.17) is 0 Å². The van der Waals surface area contributed by atoms with Crippen LogP contribution in [0.2, 0.25) is 0 Å². The van der Waals surface area contributed by atoms with Crippen molar-refractivity contribution in [3.8, 4) is 23.1 Å². The topological polar surface area (TPSA) is 126 Å². The number of aromatic hydroxyl groups is 2. The summed E-state index contributed by atoms with van der Waals surface area (Å²) in [5.41, 5.74) is 4.69. The third-order valence-corrected chi connectivity index (χ3v) is 11.5. The highest BCUT2D eigenvalue weighted by atomic mass is 32.1. The summed E-state index contributed by atoms with van der Waals surface area (Å²) in [7, 11) is 0. The molecule has 2 bridgehead atoms. The maximum Gasteiger partial charge on any atom is 0.317 e. The number of aromatic amines is 1. The number of carbonyl (C=O) groups excluding carboxylic acids is 2. The molecule has 0 atom stereocenters. The van der Waals surface area contributed by atoms with Gasteiger partial charge in [0, 0.05) is 61.1 Å². The Hall–Kier alpha value is -3.80. The van der Waals surface area contributed by atoms with Crippen LogP contribution in [0, 0.1) is 13.8 Å². The smallest absolute Gasteiger partial charge is 0.317 e. The van der Waals surface area contributed by atoms with Crippen LogP contribution >= 0.6 is 11.3 Å². The minimum atomic E-state index is -0.677. The molecule has 1 amide bonds. The molecule has 10 nitrogen and oxygen atoms in total. The number of fused-ring (bicyclic) bond motifs is 3. The highest BCUT2D eigenvalue weighted by Crippen LogP contribution is 2.44. The van der Waals surface area contributed by atoms with Crippen LogP contribution in [0.15, 0.2) is 30.3 Å². The monoisotopic (exact) mass is 642 g/mol. The number of aryl methyl sites for hydroxylation is 2. The van der Waals surface area contributed by atoms with Crippen molar-refractivity contribution in [1.82, 2.24) is 29.7 Å². The Balaban J connectivity index is 1.15. The number of H-pyrrole nitrogens is 1. The molecule has 0 saturated carbocycles. The van der Waals surface area contributed by atoms with Crippen LogP contribution in [0.5, 0.6) is 11.9 Å². The first-order valence-electron chi connectivity index (χ1n) is 16.3. The van der Waals surface area contributed by atoms with E-state index >= 15 is 0 Å². The van der Waals surface area contributed by atoms with E-state index in [1.54, 1.807) is 11.3 Å². The Labute approximate surface area is 273 Å². The number of hydrogen-bond donors (Lipinski definition) is 3. The minimum Gasteiger partial charge on any atom is -0.493 e. The van der Waals surface area contributed by atoms with Gasteiger partial charge in [0.25, 0.3) is 0 Å². The van der Waals surface area contributed by atoms with E-state index in [9.17, 15) is 19.8 Å². The first kappa shape index (κ1) is 30.8. The lowest BCUT2D eigenvalue weighted by atomic mass is 9.88. The van der Waals surface area contributed by atoms with E-state index in [-0.39, 0.29) is 24.1 Å². The summed E-state index contributed by atoms with van der Waals surface area (Å²) in [5.74, 6) is 0.0105. The van der Waals surface area contributed by atoms with E-state index < -0.39 is 11.4 Å². The van der Waals surface area contributed by atoms with Crippen LogP contribution in [-0.4, -0.2) is 96.4 Å². The summed E-state index contributed by atoms with van der Waals surface area (Å²) in [6.45, 7) is 11.8. The molecule has 46 heavy (non-hydrogen) atoms. The van der Waals surface area contributed by atoms with Gasteiger partial charge in [-0.2, -0.15) is 9.97 Å². The van der Waals surface area contributed by atoms with E-state index in [1.807, 2.05) is 13.8 Å². The molecule has 3 saturated heterocycles. The van der Waals surface area contributed by atoms with Crippen LogP contribution < -0.4 is 0 Å². The Morgan fingerprint density at radius 1 is 0.913 bits per heavy atom. The van der Waals surface area contributed by atoms with Gasteiger partial charge in [0.15, 0.2) is 5.78 Å². The van der Waals surface area contributed by atoms with Crippen LogP contribution in [0.3, 0.4) is 0 Å². The quantitative estimate of drug-likeness (QED) is 0.226. The molecule has 7 rings (SSSR count). The third kappa shape index (κ3) is 5.69. The molecule has 3 aliphatic heterocycles. The summed E-state index contributed by atoms with van der Waals surface area (Å²) < 4.78 is 0. The summed E-state index contributed by atoms with van der Waals surface area (Å²) in [6, 6.07) is 10.2. The molecule has 3 fully saturated rings. The summed E-state index contributed by atoms with van der Waals surface area (Å²) in [5, 5.41) is 20.3. The molecule has 0 spiro atoms. The van der Waals surface area contributed by atoms with Crippen molar-refractivity contribution in [2.75, 3.05) is 32.7 Å². The fraction of sp³-hybridized carbons (Fsp3) is 0.486. The van der Waals surface area contributed by atoms with Gasteiger partial charge in [-0.15, -0.1) is 11.3 Å². The van der Waals surface area contributed by atoms with Gasteiger partial charge in [-0.05, 0) is 77.1 Å². The second-order valence-corrected chi connectivity index (χ2v) is 14.9. The molecular formula is C35H42N6O4S. The van der Waals surface area contributed by atoms with Gasteiger partial charge in [0.05, 0.1) is 28.9 Å². The summed E-state index contributed by atoms with van der Waals surface area (Å²) in [4.78, 5) is 47.9. The highest BCUT2D eigenvalue weighted by molar-refractivity contribution is 7.19. The number of Topliss-reactive ketones (excluding diaryl/α,β-unsaturated/α-hetero) is 1. The van der Waals surface area contributed by atoms with E-state index in [0.717, 1.165) is 76.3 Å². The Bertz CT molecular complexity index is 1760. The number of benzene rings is 1. The number of amides is 1. The maximum absolute atomic E-state index is 14.3. The molecule has 3 N–H and O–H groups in total. The lowest BCUT2D eigenvalue weighted by molar-refractivity contribution is -0.137. The van der Waals surface area contributed by atoms with Gasteiger partial charge in [-0.1, -0.05) is 17.2 Å². The van der Waals surface area contributed by atoms with Gasteiger partial charge in [-0.25, -0.2) is 0 Å². The Morgan fingerprint density at radius 3 is 2.17 bits per heavy atom. The van der Waals surface area contributed by atoms with E-state index in [0.29, 0.717) is 43.0 Å². The first-order chi connectivity index (χ1) is 22.0. The van der Waals surface area contributed by atoms with Gasteiger partial charge in [-0.3, -0.25) is 19.4 Å². The molecule has 0 radical (unpaired) electrons. The molecule has 3 aliphatic rings. The minimum absolute atomic E-state index is 0.0607. The average molecular weight is 643 g/mol. The van der Waals surface area contributed by atoms with E-state index in [2.05, 4.69) is 67.8 Å². The predicted molar refractivity (Wildman–Crippen MR) is 178 cm³/mol. The number of piperazine rings is 1. The maximum atomic E-state index is 14.3. The van der Waals surface area contributed by atoms with Gasteiger partial charge in [0.2, 0.25) is 11.8 Å². The van der Waals surface area contributed by atoms with Crippen molar-refractivity contribution >= 4 is 33.2 Å². The second kappa shape index (κ2) is 11.8. The molecule has 0 aliphatic carbocycles. The predicted octanol–water partition coefficient (Wildman–Crippen LogP) is 5.15. The fourth-order valence-electron chi connectivity index (χ4n) is 7.75. The number of nitrogens with one attached hydrogen (secondary N) is 1. The lowest BCUT2D eigenvalue weighted by Gasteiger charge is -2.34. The zero-order chi connectivity index (χ0) is 32.3. The summed E-state index contributed by atoms with van der Waals surface area (Å²) >= 11 is 1.60. The van der Waals surface area contributed by atoms with Crippen LogP contribution in [0.1, 0.15) is 71.6 Å². The standard InChI is InChI=1S/C35H42N6O4S/c1-20-13-21(2)15-22(14-20)31-30(27(42)19-40-11-9-39(10-12-40)18-23-16-29(43)37-34(45)36-23)26-17-28(46-32(26)38-31)35(3,4)33(44)41-24-5-6-25(41)8-7-24/h13-17,24-25,38H,5-12,18-19H2,1-4H3,(H2,36,37,43,45). The summed E-state index contributed by atoms with van der Waals surface area (Å²) in [6.07, 6.45) is 4.44. The van der Waals surface area contributed by atoms with Gasteiger partial charge >= 0.3 is 6.01 Å². The van der Waals surface area contributed by atoms with Crippen LogP contribution in [-0.2, 0) is 16.8 Å². The molecule has 1 aromatic carbocycles. The number of aromatic nitrogens is 3. The Morgan fingerprint density at radius 2 is 1.54 bits per heavy atom. The van der Waals surface area contributed by atoms with Crippen molar-refractivity contribution in [2.24, 2.45) is 0 Å². The molecule has 0 unspecified atom stereocenters. The lowest BCUT2D eigenvalue weighted by Crippen LogP contribution is -2.47.